The van der Waals surface area contributed by atoms with E-state index in [-0.39, 0.29) is 19.1 Å². The first-order chi connectivity index (χ1) is 14.5. The van der Waals surface area contributed by atoms with E-state index in [1.165, 1.54) is 0 Å². The fraction of sp³-hybridized carbons (Fsp3) is 0.435. The lowest BCUT2D eigenvalue weighted by atomic mass is 10.1. The normalized spacial score (nSPS) is 17.6. The van der Waals surface area contributed by atoms with Gasteiger partial charge in [-0.05, 0) is 55.2 Å². The van der Waals surface area contributed by atoms with Gasteiger partial charge in [0, 0.05) is 31.1 Å². The summed E-state index contributed by atoms with van der Waals surface area (Å²) in [6.07, 6.45) is 1.70. The van der Waals surface area contributed by atoms with E-state index >= 15 is 0 Å². The smallest absolute Gasteiger partial charge is 0.303 e. The summed E-state index contributed by atoms with van der Waals surface area (Å²) < 4.78 is 11.8. The molecule has 1 heterocycles. The highest BCUT2D eigenvalue weighted by atomic mass is 35.5. The number of aliphatic hydroxyl groups is 1. The molecule has 0 saturated carbocycles. The molecule has 2 atom stereocenters. The highest BCUT2D eigenvalue weighted by molar-refractivity contribution is 6.30. The Morgan fingerprint density at radius 1 is 1.20 bits per heavy atom. The van der Waals surface area contributed by atoms with Crippen molar-refractivity contribution in [3.05, 3.63) is 59.1 Å². The summed E-state index contributed by atoms with van der Waals surface area (Å²) in [5.74, 6) is 0.703. The van der Waals surface area contributed by atoms with E-state index in [2.05, 4.69) is 4.90 Å². The van der Waals surface area contributed by atoms with Gasteiger partial charge in [0.25, 0.3) is 0 Å². The van der Waals surface area contributed by atoms with Gasteiger partial charge in [0.1, 0.15) is 30.3 Å². The van der Waals surface area contributed by atoms with Crippen molar-refractivity contribution in [2.24, 2.45) is 0 Å². The van der Waals surface area contributed by atoms with E-state index in [0.717, 1.165) is 30.8 Å². The van der Waals surface area contributed by atoms with Gasteiger partial charge in [0.15, 0.2) is 0 Å². The van der Waals surface area contributed by atoms with Gasteiger partial charge < -0.3 is 19.7 Å². The van der Waals surface area contributed by atoms with Crippen LogP contribution in [0.3, 0.4) is 0 Å². The van der Waals surface area contributed by atoms with Crippen LogP contribution in [-0.4, -0.2) is 59.5 Å². The standard InChI is InChI=1S/C23H28ClNO5/c24-18-8-10-20(11-9-18)30-21-12-13-25(15-21)14-19(26)16-29-22-6-2-1-4-17(22)5-3-7-23(27)28/h1-2,4,6,8-11,19,21,26H,3,5,7,12-16H2,(H,27,28). The monoisotopic (exact) mass is 433 g/mol. The zero-order chi connectivity index (χ0) is 21.3. The van der Waals surface area contributed by atoms with Gasteiger partial charge in [0.2, 0.25) is 0 Å². The van der Waals surface area contributed by atoms with Crippen LogP contribution in [0.5, 0.6) is 11.5 Å². The molecule has 2 unspecified atom stereocenters. The number of benzene rings is 2. The summed E-state index contributed by atoms with van der Waals surface area (Å²) in [6.45, 7) is 2.32. The average molecular weight is 434 g/mol. The predicted molar refractivity (Wildman–Crippen MR) is 115 cm³/mol. The van der Waals surface area contributed by atoms with Crippen molar-refractivity contribution in [3.8, 4) is 11.5 Å². The summed E-state index contributed by atoms with van der Waals surface area (Å²) in [5.41, 5.74) is 0.962. The Bertz CT molecular complexity index is 813. The molecule has 162 valence electrons. The van der Waals surface area contributed by atoms with Crippen LogP contribution in [-0.2, 0) is 11.2 Å². The average Bonchev–Trinajstić information content (AvgIpc) is 3.15. The molecule has 0 bridgehead atoms. The number of hydrogen-bond donors (Lipinski definition) is 2. The Kier molecular flexibility index (Phi) is 8.37. The first-order valence-electron chi connectivity index (χ1n) is 10.2. The number of ether oxygens (including phenoxy) is 2. The second-order valence-electron chi connectivity index (χ2n) is 7.56. The third-order valence-electron chi connectivity index (χ3n) is 5.06. The number of β-amino-alcohol motifs (C(OH)–C–C–N with tert-alkyl or cyclic N) is 1. The molecule has 0 radical (unpaired) electrons. The molecular formula is C23H28ClNO5. The molecule has 6 nitrogen and oxygen atoms in total. The van der Waals surface area contributed by atoms with Crippen molar-refractivity contribution in [3.63, 3.8) is 0 Å². The summed E-state index contributed by atoms with van der Waals surface area (Å²) in [6, 6.07) is 14.9. The number of halogens is 1. The Morgan fingerprint density at radius 3 is 2.73 bits per heavy atom. The summed E-state index contributed by atoms with van der Waals surface area (Å²) in [4.78, 5) is 12.9. The number of aliphatic carboxylic acids is 1. The highest BCUT2D eigenvalue weighted by Crippen LogP contribution is 2.22. The number of aryl methyl sites for hydroxylation is 1. The highest BCUT2D eigenvalue weighted by Gasteiger charge is 2.25. The van der Waals surface area contributed by atoms with Gasteiger partial charge in [0.05, 0.1) is 0 Å². The van der Waals surface area contributed by atoms with E-state index in [0.29, 0.717) is 30.2 Å². The van der Waals surface area contributed by atoms with Crippen LogP contribution < -0.4 is 9.47 Å². The van der Waals surface area contributed by atoms with Gasteiger partial charge in [-0.3, -0.25) is 9.69 Å². The van der Waals surface area contributed by atoms with Crippen LogP contribution in [0.4, 0.5) is 0 Å². The fourth-order valence-corrected chi connectivity index (χ4v) is 3.71. The van der Waals surface area contributed by atoms with Crippen LogP contribution >= 0.6 is 11.6 Å². The Morgan fingerprint density at radius 2 is 1.97 bits per heavy atom. The number of carboxylic acid groups (broad SMARTS) is 1. The molecule has 1 fully saturated rings. The third-order valence-corrected chi connectivity index (χ3v) is 5.31. The maximum absolute atomic E-state index is 10.7. The lowest BCUT2D eigenvalue weighted by Gasteiger charge is -2.21. The molecule has 3 rings (SSSR count). The molecule has 0 spiro atoms. The van der Waals surface area contributed by atoms with E-state index in [9.17, 15) is 9.90 Å². The maximum Gasteiger partial charge on any atom is 0.303 e. The van der Waals surface area contributed by atoms with Crippen LogP contribution in [0.25, 0.3) is 0 Å². The number of rotatable bonds is 11. The summed E-state index contributed by atoms with van der Waals surface area (Å²) >= 11 is 5.90. The van der Waals surface area contributed by atoms with Crippen LogP contribution in [0.15, 0.2) is 48.5 Å². The number of nitrogens with zero attached hydrogens (tertiary/aromatic N) is 1. The van der Waals surface area contributed by atoms with Crippen molar-refractivity contribution in [1.82, 2.24) is 4.90 Å². The number of carbonyl (C=O) groups is 1. The molecule has 30 heavy (non-hydrogen) atoms. The van der Waals surface area contributed by atoms with E-state index in [1.807, 2.05) is 48.5 Å². The van der Waals surface area contributed by atoms with Crippen LogP contribution in [0.2, 0.25) is 5.02 Å². The lowest BCUT2D eigenvalue weighted by Crippen LogP contribution is -2.35. The van der Waals surface area contributed by atoms with Gasteiger partial charge in [-0.2, -0.15) is 0 Å². The summed E-state index contributed by atoms with van der Waals surface area (Å²) in [7, 11) is 0. The minimum atomic E-state index is -0.798. The van der Waals surface area contributed by atoms with Gasteiger partial charge in [-0.25, -0.2) is 0 Å². The molecule has 1 aliphatic heterocycles. The number of aliphatic hydroxyl groups excluding tert-OH is 1. The summed E-state index contributed by atoms with van der Waals surface area (Å²) in [5, 5.41) is 19.9. The fourth-order valence-electron chi connectivity index (χ4n) is 3.58. The topological polar surface area (TPSA) is 79.2 Å². The van der Waals surface area contributed by atoms with Crippen molar-refractivity contribution in [1.29, 1.82) is 0 Å². The number of likely N-dealkylation sites (tertiary alicyclic amines) is 1. The van der Waals surface area contributed by atoms with E-state index in [1.54, 1.807) is 0 Å². The molecule has 1 aliphatic rings. The van der Waals surface area contributed by atoms with Crippen molar-refractivity contribution >= 4 is 17.6 Å². The number of hydrogen-bond acceptors (Lipinski definition) is 5. The number of para-hydroxylation sites is 1. The molecule has 2 N–H and O–H groups in total. The van der Waals surface area contributed by atoms with E-state index < -0.39 is 12.1 Å². The zero-order valence-electron chi connectivity index (χ0n) is 16.9. The van der Waals surface area contributed by atoms with Crippen molar-refractivity contribution < 1.29 is 24.5 Å². The lowest BCUT2D eigenvalue weighted by molar-refractivity contribution is -0.137. The van der Waals surface area contributed by atoms with Crippen LogP contribution in [0.1, 0.15) is 24.8 Å². The second kappa shape index (κ2) is 11.2. The third kappa shape index (κ3) is 7.20. The van der Waals surface area contributed by atoms with Crippen molar-refractivity contribution in [2.45, 2.75) is 37.9 Å². The molecule has 0 aliphatic carbocycles. The van der Waals surface area contributed by atoms with Gasteiger partial charge in [-0.1, -0.05) is 29.8 Å². The molecule has 7 heteroatoms. The molecule has 1 saturated heterocycles. The van der Waals surface area contributed by atoms with Gasteiger partial charge >= 0.3 is 5.97 Å². The Labute approximate surface area is 182 Å². The maximum atomic E-state index is 10.7. The Hall–Kier alpha value is -2.28. The molecule has 2 aromatic rings. The first-order valence-corrected chi connectivity index (χ1v) is 10.6. The van der Waals surface area contributed by atoms with Crippen molar-refractivity contribution in [2.75, 3.05) is 26.2 Å². The minimum Gasteiger partial charge on any atom is -0.491 e. The van der Waals surface area contributed by atoms with E-state index in [4.69, 9.17) is 26.2 Å². The van der Waals surface area contributed by atoms with Crippen LogP contribution in [0, 0.1) is 0 Å². The molecule has 2 aromatic carbocycles. The largest absolute Gasteiger partial charge is 0.491 e. The Balaban J connectivity index is 1.41. The number of carboxylic acids is 1. The quantitative estimate of drug-likeness (QED) is 0.563. The first kappa shape index (κ1) is 22.4. The second-order valence-corrected chi connectivity index (χ2v) is 8.00. The molecular weight excluding hydrogens is 406 g/mol. The molecule has 0 aromatic heterocycles. The van der Waals surface area contributed by atoms with Gasteiger partial charge in [-0.15, -0.1) is 0 Å². The minimum absolute atomic E-state index is 0.0919. The SMILES string of the molecule is O=C(O)CCCc1ccccc1OCC(O)CN1CCC(Oc2ccc(Cl)cc2)C1. The predicted octanol–water partition coefficient (Wildman–Crippen LogP) is 3.64. The molecule has 0 amide bonds. The zero-order valence-corrected chi connectivity index (χ0v) is 17.6.